The molecule has 0 saturated heterocycles. The van der Waals surface area contributed by atoms with Crippen LogP contribution in [0.4, 0.5) is 0 Å². The summed E-state index contributed by atoms with van der Waals surface area (Å²) in [7, 11) is 0. The van der Waals surface area contributed by atoms with Gasteiger partial charge in [-0.1, -0.05) is 27.7 Å². The van der Waals surface area contributed by atoms with E-state index in [1.54, 1.807) is 11.3 Å². The Morgan fingerprint density at radius 1 is 1.47 bits per heavy atom. The van der Waals surface area contributed by atoms with Gasteiger partial charge in [0, 0.05) is 30.0 Å². The molecule has 17 heavy (non-hydrogen) atoms. The van der Waals surface area contributed by atoms with E-state index in [-0.39, 0.29) is 12.0 Å². The number of thiazole rings is 1. The molecule has 0 fully saturated rings. The van der Waals surface area contributed by atoms with Gasteiger partial charge in [-0.25, -0.2) is 4.98 Å². The van der Waals surface area contributed by atoms with Crippen LogP contribution < -0.4 is 5.32 Å². The summed E-state index contributed by atoms with van der Waals surface area (Å²) in [5.41, 5.74) is 1.24. The third-order valence-electron chi connectivity index (χ3n) is 2.74. The van der Waals surface area contributed by atoms with Gasteiger partial charge in [-0.05, 0) is 12.8 Å². The van der Waals surface area contributed by atoms with Crippen molar-refractivity contribution in [2.75, 3.05) is 6.61 Å². The zero-order valence-electron chi connectivity index (χ0n) is 11.3. The molecule has 1 rings (SSSR count). The van der Waals surface area contributed by atoms with E-state index in [4.69, 9.17) is 5.11 Å². The second-order valence-electron chi connectivity index (χ2n) is 5.39. The molecular weight excluding hydrogens is 232 g/mol. The molecule has 0 spiro atoms. The van der Waals surface area contributed by atoms with Gasteiger partial charge in [-0.15, -0.1) is 11.3 Å². The molecule has 1 aromatic rings. The van der Waals surface area contributed by atoms with Crippen LogP contribution in [0.25, 0.3) is 0 Å². The van der Waals surface area contributed by atoms with Crippen molar-refractivity contribution in [1.29, 1.82) is 0 Å². The molecule has 1 atom stereocenters. The maximum atomic E-state index is 8.92. The Hall–Kier alpha value is -0.450. The average Bonchev–Trinajstić information content (AvgIpc) is 2.72. The van der Waals surface area contributed by atoms with Crippen molar-refractivity contribution < 1.29 is 5.11 Å². The van der Waals surface area contributed by atoms with Gasteiger partial charge in [-0.2, -0.15) is 0 Å². The molecule has 4 heteroatoms. The van der Waals surface area contributed by atoms with Crippen molar-refractivity contribution in [3.05, 3.63) is 16.1 Å². The van der Waals surface area contributed by atoms with Crippen molar-refractivity contribution in [3.8, 4) is 0 Å². The lowest BCUT2D eigenvalue weighted by atomic mass is 9.98. The molecule has 1 aromatic heterocycles. The van der Waals surface area contributed by atoms with Crippen molar-refractivity contribution in [3.63, 3.8) is 0 Å². The summed E-state index contributed by atoms with van der Waals surface area (Å²) in [6.45, 7) is 9.73. The highest BCUT2D eigenvalue weighted by Crippen LogP contribution is 2.25. The lowest BCUT2D eigenvalue weighted by Crippen LogP contribution is -2.29. The highest BCUT2D eigenvalue weighted by Gasteiger charge is 2.18. The molecule has 1 unspecified atom stereocenters. The van der Waals surface area contributed by atoms with Crippen LogP contribution in [0.1, 0.15) is 51.2 Å². The zero-order valence-corrected chi connectivity index (χ0v) is 12.1. The van der Waals surface area contributed by atoms with Gasteiger partial charge in [0.25, 0.3) is 0 Å². The van der Waals surface area contributed by atoms with E-state index in [0.717, 1.165) is 25.1 Å². The molecule has 0 aliphatic carbocycles. The topological polar surface area (TPSA) is 45.1 Å². The van der Waals surface area contributed by atoms with Crippen LogP contribution in [-0.4, -0.2) is 22.7 Å². The number of nitrogens with zero attached hydrogens (tertiary/aromatic N) is 1. The van der Waals surface area contributed by atoms with Crippen LogP contribution in [0, 0.1) is 0 Å². The molecule has 0 amide bonds. The Bertz CT molecular complexity index is 330. The standard InChI is InChI=1S/C13H24N2OS/c1-5-10(6-7-16)14-8-11-9-17-12(15-11)13(2,3)4/h9-10,14,16H,5-8H2,1-4H3. The summed E-state index contributed by atoms with van der Waals surface area (Å²) in [4.78, 5) is 4.64. The quantitative estimate of drug-likeness (QED) is 0.822. The van der Waals surface area contributed by atoms with Gasteiger partial charge in [0.05, 0.1) is 10.7 Å². The monoisotopic (exact) mass is 256 g/mol. The van der Waals surface area contributed by atoms with Gasteiger partial charge in [-0.3, -0.25) is 0 Å². The zero-order chi connectivity index (χ0) is 12.9. The molecule has 1 heterocycles. The van der Waals surface area contributed by atoms with E-state index in [9.17, 15) is 0 Å². The Morgan fingerprint density at radius 2 is 2.18 bits per heavy atom. The van der Waals surface area contributed by atoms with Crippen LogP contribution in [0.3, 0.4) is 0 Å². The minimum absolute atomic E-state index is 0.137. The second-order valence-corrected chi connectivity index (χ2v) is 6.25. The van der Waals surface area contributed by atoms with Gasteiger partial charge in [0.15, 0.2) is 0 Å². The third-order valence-corrected chi connectivity index (χ3v) is 4.05. The van der Waals surface area contributed by atoms with Crippen molar-refractivity contribution in [2.45, 2.75) is 58.5 Å². The van der Waals surface area contributed by atoms with Gasteiger partial charge >= 0.3 is 0 Å². The first kappa shape index (κ1) is 14.6. The molecule has 0 aliphatic rings. The minimum atomic E-state index is 0.137. The summed E-state index contributed by atoms with van der Waals surface area (Å²) in [5.74, 6) is 0. The third kappa shape index (κ3) is 4.74. The largest absolute Gasteiger partial charge is 0.396 e. The first-order valence-corrected chi connectivity index (χ1v) is 7.14. The van der Waals surface area contributed by atoms with E-state index < -0.39 is 0 Å². The van der Waals surface area contributed by atoms with Gasteiger partial charge < -0.3 is 10.4 Å². The fourth-order valence-corrected chi connectivity index (χ4v) is 2.50. The molecule has 0 saturated carbocycles. The van der Waals surface area contributed by atoms with Crippen LogP contribution in [0.5, 0.6) is 0 Å². The highest BCUT2D eigenvalue weighted by atomic mass is 32.1. The Balaban J connectivity index is 2.49. The predicted molar refractivity (Wildman–Crippen MR) is 73.4 cm³/mol. The number of nitrogens with one attached hydrogen (secondary N) is 1. The molecule has 3 nitrogen and oxygen atoms in total. The number of aliphatic hydroxyl groups is 1. The Kier molecular flexibility index (Phi) is 5.56. The van der Waals surface area contributed by atoms with Gasteiger partial charge in [0.2, 0.25) is 0 Å². The molecule has 0 radical (unpaired) electrons. The Labute approximate surface area is 108 Å². The predicted octanol–water partition coefficient (Wildman–Crippen LogP) is 2.69. The van der Waals surface area contributed by atoms with E-state index >= 15 is 0 Å². The summed E-state index contributed by atoms with van der Waals surface area (Å²) in [6.07, 6.45) is 1.85. The average molecular weight is 256 g/mol. The fourth-order valence-electron chi connectivity index (χ4n) is 1.59. The molecule has 2 N–H and O–H groups in total. The molecule has 98 valence electrons. The van der Waals surface area contributed by atoms with Crippen LogP contribution in [-0.2, 0) is 12.0 Å². The number of aromatic nitrogens is 1. The van der Waals surface area contributed by atoms with Crippen LogP contribution >= 0.6 is 11.3 Å². The molecule has 0 bridgehead atoms. The van der Waals surface area contributed by atoms with Crippen molar-refractivity contribution in [2.24, 2.45) is 0 Å². The first-order chi connectivity index (χ1) is 7.97. The number of hydrogen-bond acceptors (Lipinski definition) is 4. The fraction of sp³-hybridized carbons (Fsp3) is 0.769. The lowest BCUT2D eigenvalue weighted by molar-refractivity contribution is 0.262. The Morgan fingerprint density at radius 3 is 2.65 bits per heavy atom. The molecular formula is C13H24N2OS. The minimum Gasteiger partial charge on any atom is -0.396 e. The SMILES string of the molecule is CCC(CCO)NCc1csc(C(C)(C)C)n1. The van der Waals surface area contributed by atoms with E-state index in [1.807, 2.05) is 0 Å². The summed E-state index contributed by atoms with van der Waals surface area (Å²) < 4.78 is 0. The maximum absolute atomic E-state index is 8.92. The van der Waals surface area contributed by atoms with E-state index in [0.29, 0.717) is 6.04 Å². The summed E-state index contributed by atoms with van der Waals surface area (Å²) in [5, 5.41) is 15.7. The van der Waals surface area contributed by atoms with Crippen LogP contribution in [0.2, 0.25) is 0 Å². The summed E-state index contributed by atoms with van der Waals surface area (Å²) >= 11 is 1.73. The van der Waals surface area contributed by atoms with Crippen LogP contribution in [0.15, 0.2) is 5.38 Å². The number of hydrogen-bond donors (Lipinski definition) is 2. The smallest absolute Gasteiger partial charge is 0.0982 e. The van der Waals surface area contributed by atoms with Crippen molar-refractivity contribution >= 4 is 11.3 Å². The number of rotatable bonds is 6. The second kappa shape index (κ2) is 6.47. The van der Waals surface area contributed by atoms with E-state index in [1.165, 1.54) is 5.01 Å². The van der Waals surface area contributed by atoms with Crippen molar-refractivity contribution in [1.82, 2.24) is 10.3 Å². The first-order valence-electron chi connectivity index (χ1n) is 6.26. The molecule has 0 aromatic carbocycles. The van der Waals surface area contributed by atoms with Gasteiger partial charge in [0.1, 0.15) is 0 Å². The highest BCUT2D eigenvalue weighted by molar-refractivity contribution is 7.09. The lowest BCUT2D eigenvalue weighted by Gasteiger charge is -2.15. The normalized spacial score (nSPS) is 13.9. The summed E-state index contributed by atoms with van der Waals surface area (Å²) in [6, 6.07) is 0.389. The van der Waals surface area contributed by atoms with E-state index in [2.05, 4.69) is 43.4 Å². The molecule has 0 aliphatic heterocycles. The maximum Gasteiger partial charge on any atom is 0.0982 e. The number of aliphatic hydroxyl groups excluding tert-OH is 1.